The molecule has 0 unspecified atom stereocenters. The zero-order chi connectivity index (χ0) is 18.1. The van der Waals surface area contributed by atoms with Gasteiger partial charge in [0.2, 0.25) is 5.75 Å². The van der Waals surface area contributed by atoms with Crippen LogP contribution in [0.1, 0.15) is 25.3 Å². The van der Waals surface area contributed by atoms with Crippen LogP contribution in [0.2, 0.25) is 0 Å². The van der Waals surface area contributed by atoms with E-state index in [9.17, 15) is 0 Å². The number of benzene rings is 1. The second-order valence-corrected chi connectivity index (χ2v) is 6.44. The Morgan fingerprint density at radius 1 is 1.00 bits per heavy atom. The van der Waals surface area contributed by atoms with E-state index in [1.165, 1.54) is 5.56 Å². The first-order chi connectivity index (χ1) is 12.2. The summed E-state index contributed by atoms with van der Waals surface area (Å²) in [5.41, 5.74) is 6.79. The van der Waals surface area contributed by atoms with E-state index in [0.717, 1.165) is 70.2 Å². The van der Waals surface area contributed by atoms with E-state index in [2.05, 4.69) is 28.9 Å². The Morgan fingerprint density at radius 3 is 2.12 bits per heavy atom. The molecular formula is C19H33N3O3. The molecule has 0 spiro atoms. The summed E-state index contributed by atoms with van der Waals surface area (Å²) in [4.78, 5) is 4.96. The minimum absolute atomic E-state index is 0.650. The van der Waals surface area contributed by atoms with Gasteiger partial charge in [0, 0.05) is 32.7 Å². The molecule has 0 bridgehead atoms. The first-order valence-corrected chi connectivity index (χ1v) is 9.24. The molecule has 0 atom stereocenters. The van der Waals surface area contributed by atoms with Crippen LogP contribution >= 0.6 is 0 Å². The predicted octanol–water partition coefficient (Wildman–Crippen LogP) is 1.96. The second kappa shape index (κ2) is 10.5. The molecular weight excluding hydrogens is 318 g/mol. The van der Waals surface area contributed by atoms with Crippen molar-refractivity contribution in [2.24, 2.45) is 5.73 Å². The van der Waals surface area contributed by atoms with Gasteiger partial charge in [-0.15, -0.1) is 0 Å². The van der Waals surface area contributed by atoms with Crippen molar-refractivity contribution >= 4 is 0 Å². The van der Waals surface area contributed by atoms with Crippen LogP contribution in [0, 0.1) is 0 Å². The van der Waals surface area contributed by atoms with Crippen molar-refractivity contribution in [3.63, 3.8) is 0 Å². The lowest BCUT2D eigenvalue weighted by molar-refractivity contribution is 0.126. The van der Waals surface area contributed by atoms with Crippen molar-refractivity contribution in [3.8, 4) is 17.2 Å². The Hall–Kier alpha value is -1.50. The molecule has 142 valence electrons. The van der Waals surface area contributed by atoms with Gasteiger partial charge in [0.25, 0.3) is 0 Å². The van der Waals surface area contributed by atoms with Crippen molar-refractivity contribution in [2.45, 2.75) is 26.3 Å². The Labute approximate surface area is 151 Å². The van der Waals surface area contributed by atoms with E-state index in [-0.39, 0.29) is 0 Å². The standard InChI is InChI=1S/C19H33N3O3/c1-4-12-25-19-17(23-2)13-16(14-18(19)24-3)15-22-10-8-21(9-11-22)7-5-6-20/h13-14H,4-12,15,20H2,1-3H3. The zero-order valence-electron chi connectivity index (χ0n) is 15.9. The number of hydrogen-bond acceptors (Lipinski definition) is 6. The molecule has 6 nitrogen and oxygen atoms in total. The van der Waals surface area contributed by atoms with E-state index in [0.29, 0.717) is 12.4 Å². The molecule has 0 aliphatic carbocycles. The molecule has 1 aromatic rings. The molecule has 1 fully saturated rings. The van der Waals surface area contributed by atoms with Gasteiger partial charge in [0.05, 0.1) is 20.8 Å². The maximum Gasteiger partial charge on any atom is 0.203 e. The molecule has 1 aromatic carbocycles. The average molecular weight is 351 g/mol. The number of ether oxygens (including phenoxy) is 3. The minimum Gasteiger partial charge on any atom is -0.493 e. The van der Waals surface area contributed by atoms with Gasteiger partial charge >= 0.3 is 0 Å². The highest BCUT2D eigenvalue weighted by Crippen LogP contribution is 2.39. The third-order valence-electron chi connectivity index (χ3n) is 4.52. The van der Waals surface area contributed by atoms with Crippen LogP contribution in [0.25, 0.3) is 0 Å². The van der Waals surface area contributed by atoms with Crippen LogP contribution in [-0.2, 0) is 6.54 Å². The third kappa shape index (κ3) is 5.76. The van der Waals surface area contributed by atoms with Gasteiger partial charge in [0.15, 0.2) is 11.5 Å². The summed E-state index contributed by atoms with van der Waals surface area (Å²) < 4.78 is 16.9. The number of nitrogens with two attached hydrogens (primary N) is 1. The lowest BCUT2D eigenvalue weighted by atomic mass is 10.1. The lowest BCUT2D eigenvalue weighted by Gasteiger charge is -2.34. The molecule has 0 amide bonds. The van der Waals surface area contributed by atoms with Crippen molar-refractivity contribution in [1.29, 1.82) is 0 Å². The summed E-state index contributed by atoms with van der Waals surface area (Å²) in [5.74, 6) is 2.18. The second-order valence-electron chi connectivity index (χ2n) is 6.44. The third-order valence-corrected chi connectivity index (χ3v) is 4.52. The van der Waals surface area contributed by atoms with E-state index < -0.39 is 0 Å². The Balaban J connectivity index is 2.00. The lowest BCUT2D eigenvalue weighted by Crippen LogP contribution is -2.46. The SMILES string of the molecule is CCCOc1c(OC)cc(CN2CCN(CCCN)CC2)cc1OC. The summed E-state index contributed by atoms with van der Waals surface area (Å²) in [7, 11) is 3.35. The van der Waals surface area contributed by atoms with Crippen molar-refractivity contribution in [2.75, 3.05) is 60.1 Å². The molecule has 25 heavy (non-hydrogen) atoms. The molecule has 6 heteroatoms. The number of nitrogens with zero attached hydrogens (tertiary/aromatic N) is 2. The van der Waals surface area contributed by atoms with Crippen LogP contribution in [0.5, 0.6) is 17.2 Å². The first kappa shape index (κ1) is 19.8. The topological polar surface area (TPSA) is 60.2 Å². The predicted molar refractivity (Wildman–Crippen MR) is 101 cm³/mol. The van der Waals surface area contributed by atoms with E-state index >= 15 is 0 Å². The van der Waals surface area contributed by atoms with Crippen LogP contribution < -0.4 is 19.9 Å². The number of rotatable bonds is 10. The van der Waals surface area contributed by atoms with E-state index in [4.69, 9.17) is 19.9 Å². The van der Waals surface area contributed by atoms with Crippen LogP contribution in [0.3, 0.4) is 0 Å². The van der Waals surface area contributed by atoms with Crippen molar-refractivity contribution < 1.29 is 14.2 Å². The quantitative estimate of drug-likeness (QED) is 0.695. The number of piperazine rings is 1. The molecule has 1 aliphatic heterocycles. The van der Waals surface area contributed by atoms with Crippen LogP contribution in [0.4, 0.5) is 0 Å². The van der Waals surface area contributed by atoms with Gasteiger partial charge in [-0.05, 0) is 43.6 Å². The summed E-state index contributed by atoms with van der Waals surface area (Å²) in [6.07, 6.45) is 2.02. The Morgan fingerprint density at radius 2 is 1.60 bits per heavy atom. The van der Waals surface area contributed by atoms with Gasteiger partial charge in [-0.25, -0.2) is 0 Å². The molecule has 1 heterocycles. The Bertz CT molecular complexity index is 492. The average Bonchev–Trinajstić information content (AvgIpc) is 2.65. The molecule has 2 N–H and O–H groups in total. The zero-order valence-corrected chi connectivity index (χ0v) is 15.9. The summed E-state index contributed by atoms with van der Waals surface area (Å²) in [6.45, 7) is 9.86. The minimum atomic E-state index is 0.650. The van der Waals surface area contributed by atoms with Gasteiger partial charge in [-0.1, -0.05) is 6.92 Å². The highest BCUT2D eigenvalue weighted by atomic mass is 16.5. The smallest absolute Gasteiger partial charge is 0.203 e. The van der Waals surface area contributed by atoms with Gasteiger partial charge < -0.3 is 24.8 Å². The normalized spacial score (nSPS) is 16.0. The fourth-order valence-electron chi connectivity index (χ4n) is 3.12. The summed E-state index contributed by atoms with van der Waals surface area (Å²) in [5, 5.41) is 0. The summed E-state index contributed by atoms with van der Waals surface area (Å²) >= 11 is 0. The molecule has 0 radical (unpaired) electrons. The van der Waals surface area contributed by atoms with Gasteiger partial charge in [-0.3, -0.25) is 4.90 Å². The van der Waals surface area contributed by atoms with E-state index in [1.807, 2.05) is 0 Å². The fourth-order valence-corrected chi connectivity index (χ4v) is 3.12. The molecule has 0 aromatic heterocycles. The highest BCUT2D eigenvalue weighted by molar-refractivity contribution is 5.53. The van der Waals surface area contributed by atoms with Gasteiger partial charge in [0.1, 0.15) is 0 Å². The van der Waals surface area contributed by atoms with Crippen molar-refractivity contribution in [1.82, 2.24) is 9.80 Å². The number of methoxy groups -OCH3 is 2. The molecule has 1 aliphatic rings. The van der Waals surface area contributed by atoms with Crippen LogP contribution in [0.15, 0.2) is 12.1 Å². The summed E-state index contributed by atoms with van der Waals surface area (Å²) in [6, 6.07) is 4.13. The Kier molecular flexibility index (Phi) is 8.31. The maximum atomic E-state index is 5.82. The largest absolute Gasteiger partial charge is 0.493 e. The van der Waals surface area contributed by atoms with Crippen molar-refractivity contribution in [3.05, 3.63) is 17.7 Å². The first-order valence-electron chi connectivity index (χ1n) is 9.24. The molecule has 1 saturated heterocycles. The molecule has 0 saturated carbocycles. The highest BCUT2D eigenvalue weighted by Gasteiger charge is 2.19. The maximum absolute atomic E-state index is 5.82. The number of hydrogen-bond donors (Lipinski definition) is 1. The molecule has 2 rings (SSSR count). The van der Waals surface area contributed by atoms with Crippen LogP contribution in [-0.4, -0.2) is 69.9 Å². The fraction of sp³-hybridized carbons (Fsp3) is 0.684. The van der Waals surface area contributed by atoms with Gasteiger partial charge in [-0.2, -0.15) is 0 Å². The van der Waals surface area contributed by atoms with E-state index in [1.54, 1.807) is 14.2 Å². The monoisotopic (exact) mass is 351 g/mol.